The molecule has 1 amide bonds. The summed E-state index contributed by atoms with van der Waals surface area (Å²) >= 11 is 0. The Morgan fingerprint density at radius 3 is 2.48 bits per heavy atom. The van der Waals surface area contributed by atoms with Crippen molar-refractivity contribution in [2.24, 2.45) is 17.8 Å². The van der Waals surface area contributed by atoms with E-state index < -0.39 is 6.17 Å². The largest absolute Gasteiger partial charge is 0.379 e. The molecule has 8 heteroatoms. The molecule has 4 aliphatic rings. The van der Waals surface area contributed by atoms with Gasteiger partial charge in [0.2, 0.25) is 5.91 Å². The van der Waals surface area contributed by atoms with Crippen molar-refractivity contribution < 1.29 is 18.8 Å². The van der Waals surface area contributed by atoms with Crippen molar-refractivity contribution >= 4 is 5.91 Å². The maximum atomic E-state index is 15.5. The second-order valence-electron chi connectivity index (χ2n) is 9.37. The highest BCUT2D eigenvalue weighted by molar-refractivity contribution is 5.78. The van der Waals surface area contributed by atoms with Crippen molar-refractivity contribution in [2.75, 3.05) is 39.4 Å². The Morgan fingerprint density at radius 2 is 1.79 bits per heavy atom. The number of likely N-dealkylation sites (tertiary alicyclic amines) is 1. The van der Waals surface area contributed by atoms with Gasteiger partial charge in [0.05, 0.1) is 19.4 Å². The van der Waals surface area contributed by atoms with Gasteiger partial charge < -0.3 is 9.64 Å². The molecule has 0 radical (unpaired) electrons. The molecule has 1 aliphatic carbocycles. The molecule has 29 heavy (non-hydrogen) atoms. The van der Waals surface area contributed by atoms with Crippen molar-refractivity contribution in [3.05, 3.63) is 0 Å². The SMILES string of the molecule is CC(C)C(=O)N1CCC(C2NOC(C3CCCC(N4CCOCC4)C3F)N2)CC1. The van der Waals surface area contributed by atoms with Gasteiger partial charge in [-0.15, -0.1) is 0 Å². The lowest BCUT2D eigenvalue weighted by Gasteiger charge is -2.42. The molecular weight excluding hydrogens is 375 g/mol. The van der Waals surface area contributed by atoms with Gasteiger partial charge in [-0.05, 0) is 31.6 Å². The zero-order valence-corrected chi connectivity index (χ0v) is 17.8. The Morgan fingerprint density at radius 1 is 1.07 bits per heavy atom. The van der Waals surface area contributed by atoms with E-state index >= 15 is 4.39 Å². The predicted molar refractivity (Wildman–Crippen MR) is 107 cm³/mol. The van der Waals surface area contributed by atoms with Crippen LogP contribution in [0.3, 0.4) is 0 Å². The van der Waals surface area contributed by atoms with Crippen LogP contribution in [0.5, 0.6) is 0 Å². The molecule has 7 nitrogen and oxygen atoms in total. The summed E-state index contributed by atoms with van der Waals surface area (Å²) in [6, 6.07) is -0.0209. The van der Waals surface area contributed by atoms with Crippen LogP contribution in [-0.4, -0.2) is 79.7 Å². The fourth-order valence-corrected chi connectivity index (χ4v) is 5.43. The maximum Gasteiger partial charge on any atom is 0.225 e. The Balaban J connectivity index is 1.29. The Hall–Kier alpha value is -0.800. The zero-order chi connectivity index (χ0) is 20.4. The van der Waals surface area contributed by atoms with Gasteiger partial charge in [-0.1, -0.05) is 20.3 Å². The van der Waals surface area contributed by atoms with Crippen molar-refractivity contribution in [1.82, 2.24) is 20.6 Å². The van der Waals surface area contributed by atoms with Crippen LogP contribution in [-0.2, 0) is 14.4 Å². The van der Waals surface area contributed by atoms with Gasteiger partial charge >= 0.3 is 0 Å². The Kier molecular flexibility index (Phi) is 7.06. The van der Waals surface area contributed by atoms with Gasteiger partial charge in [0, 0.05) is 44.1 Å². The van der Waals surface area contributed by atoms with E-state index in [0.29, 0.717) is 19.1 Å². The van der Waals surface area contributed by atoms with Gasteiger partial charge in [0.15, 0.2) is 0 Å². The molecule has 4 rings (SSSR count). The van der Waals surface area contributed by atoms with E-state index in [1.54, 1.807) is 0 Å². The summed E-state index contributed by atoms with van der Waals surface area (Å²) < 4.78 is 20.9. The highest BCUT2D eigenvalue weighted by Crippen LogP contribution is 2.35. The highest BCUT2D eigenvalue weighted by Gasteiger charge is 2.45. The predicted octanol–water partition coefficient (Wildman–Crippen LogP) is 1.50. The average molecular weight is 413 g/mol. The third-order valence-electron chi connectivity index (χ3n) is 7.20. The summed E-state index contributed by atoms with van der Waals surface area (Å²) in [7, 11) is 0. The molecule has 2 N–H and O–H groups in total. The van der Waals surface area contributed by atoms with Crippen LogP contribution in [0.4, 0.5) is 4.39 Å². The number of morpholine rings is 1. The van der Waals surface area contributed by atoms with E-state index in [1.807, 2.05) is 18.7 Å². The fourth-order valence-electron chi connectivity index (χ4n) is 5.43. The van der Waals surface area contributed by atoms with E-state index in [1.165, 1.54) is 0 Å². The van der Waals surface area contributed by atoms with Gasteiger partial charge in [-0.25, -0.2) is 4.39 Å². The molecule has 3 heterocycles. The number of carbonyl (C=O) groups excluding carboxylic acids is 1. The van der Waals surface area contributed by atoms with E-state index in [-0.39, 0.29) is 36.2 Å². The van der Waals surface area contributed by atoms with E-state index in [4.69, 9.17) is 9.57 Å². The van der Waals surface area contributed by atoms with Crippen LogP contribution in [0.25, 0.3) is 0 Å². The van der Waals surface area contributed by atoms with Gasteiger partial charge in [0.25, 0.3) is 0 Å². The molecule has 5 atom stereocenters. The first-order valence-electron chi connectivity index (χ1n) is 11.5. The quantitative estimate of drug-likeness (QED) is 0.730. The summed E-state index contributed by atoms with van der Waals surface area (Å²) in [6.07, 6.45) is 3.57. The van der Waals surface area contributed by atoms with Crippen molar-refractivity contribution in [3.8, 4) is 0 Å². The van der Waals surface area contributed by atoms with Gasteiger partial charge in [-0.3, -0.25) is 19.8 Å². The van der Waals surface area contributed by atoms with Crippen molar-refractivity contribution in [3.63, 3.8) is 0 Å². The molecule has 166 valence electrons. The van der Waals surface area contributed by atoms with E-state index in [0.717, 1.165) is 58.3 Å². The molecule has 1 saturated carbocycles. The molecule has 4 fully saturated rings. The van der Waals surface area contributed by atoms with Crippen LogP contribution >= 0.6 is 0 Å². The highest BCUT2D eigenvalue weighted by atomic mass is 19.1. The molecule has 0 spiro atoms. The number of rotatable bonds is 4. The number of hydrogen-bond donors (Lipinski definition) is 2. The molecule has 0 aromatic carbocycles. The first kappa shape index (κ1) is 21.4. The van der Waals surface area contributed by atoms with Crippen LogP contribution < -0.4 is 10.8 Å². The smallest absolute Gasteiger partial charge is 0.225 e. The number of nitrogens with one attached hydrogen (secondary N) is 2. The topological polar surface area (TPSA) is 66.1 Å². The Bertz CT molecular complexity index is 552. The van der Waals surface area contributed by atoms with Crippen LogP contribution in [0, 0.1) is 17.8 Å². The third-order valence-corrected chi connectivity index (χ3v) is 7.20. The number of carbonyl (C=O) groups is 1. The normalized spacial score (nSPS) is 37.9. The number of piperidine rings is 1. The molecule has 3 aliphatic heterocycles. The van der Waals surface area contributed by atoms with Crippen LogP contribution in [0.2, 0.25) is 0 Å². The molecule has 3 saturated heterocycles. The van der Waals surface area contributed by atoms with Gasteiger partial charge in [-0.2, -0.15) is 5.48 Å². The summed E-state index contributed by atoms with van der Waals surface area (Å²) in [5, 5.41) is 3.53. The zero-order valence-electron chi connectivity index (χ0n) is 17.8. The van der Waals surface area contributed by atoms with Gasteiger partial charge in [0.1, 0.15) is 12.4 Å². The third kappa shape index (κ3) is 4.77. The summed E-state index contributed by atoms with van der Waals surface area (Å²) in [5.41, 5.74) is 3.14. The molecular formula is C21H37FN4O3. The minimum atomic E-state index is -0.884. The lowest BCUT2D eigenvalue weighted by molar-refractivity contribution is -0.136. The number of hydrogen-bond acceptors (Lipinski definition) is 6. The van der Waals surface area contributed by atoms with Crippen molar-refractivity contribution in [2.45, 2.75) is 70.6 Å². The molecule has 0 aromatic rings. The van der Waals surface area contributed by atoms with Crippen molar-refractivity contribution in [1.29, 1.82) is 0 Å². The van der Waals surface area contributed by atoms with E-state index in [9.17, 15) is 4.79 Å². The number of ether oxygens (including phenoxy) is 1. The summed E-state index contributed by atoms with van der Waals surface area (Å²) in [6.45, 7) is 8.54. The maximum absolute atomic E-state index is 15.5. The number of amides is 1. The molecule has 0 bridgehead atoms. The standard InChI is InChI=1S/C21H37FN4O3/c1-14(2)21(27)26-8-6-15(7-9-26)19-23-20(29-24-19)16-4-3-5-17(18(16)22)25-10-12-28-13-11-25/h14-20,23-24H,3-13H2,1-2H3. The van der Waals surface area contributed by atoms with E-state index in [2.05, 4.69) is 15.7 Å². The minimum absolute atomic E-state index is 0.0209. The first-order chi connectivity index (χ1) is 14.0. The second-order valence-corrected chi connectivity index (χ2v) is 9.37. The fraction of sp³-hybridized carbons (Fsp3) is 0.952. The minimum Gasteiger partial charge on any atom is -0.379 e. The lowest BCUT2D eigenvalue weighted by atomic mass is 9.81. The Labute approximate surface area is 173 Å². The second kappa shape index (κ2) is 9.56. The molecule has 5 unspecified atom stereocenters. The number of hydroxylamine groups is 1. The van der Waals surface area contributed by atoms with Crippen LogP contribution in [0.1, 0.15) is 46.0 Å². The monoisotopic (exact) mass is 412 g/mol. The lowest BCUT2D eigenvalue weighted by Crippen LogP contribution is -2.55. The summed E-state index contributed by atoms with van der Waals surface area (Å²) in [4.78, 5) is 22.3. The number of halogens is 1. The van der Waals surface area contributed by atoms with Crippen LogP contribution in [0.15, 0.2) is 0 Å². The first-order valence-corrected chi connectivity index (χ1v) is 11.5. The number of alkyl halides is 1. The summed E-state index contributed by atoms with van der Waals surface area (Å²) in [5.74, 6) is 0.556. The molecule has 0 aromatic heterocycles. The average Bonchev–Trinajstić information content (AvgIpc) is 3.24. The number of nitrogens with zero attached hydrogens (tertiary/aromatic N) is 2.